The number of nitrogens with zero attached hydrogens (tertiary/aromatic N) is 4. The molecule has 0 atom stereocenters. The number of carbonyl (C=O) groups excluding carboxylic acids is 2. The smallest absolute Gasteiger partial charge is 0.327 e. The number of halogens is 3. The van der Waals surface area contributed by atoms with E-state index in [2.05, 4.69) is 10.1 Å². The van der Waals surface area contributed by atoms with Crippen LogP contribution in [0.25, 0.3) is 17.6 Å². The molecule has 1 aliphatic rings. The van der Waals surface area contributed by atoms with Crippen LogP contribution in [-0.4, -0.2) is 44.4 Å². The summed E-state index contributed by atoms with van der Waals surface area (Å²) in [5.74, 6) is -0.346. The van der Waals surface area contributed by atoms with E-state index in [4.69, 9.17) is 0 Å². The highest BCUT2D eigenvalue weighted by molar-refractivity contribution is 6.01. The van der Waals surface area contributed by atoms with Crippen LogP contribution in [0.3, 0.4) is 0 Å². The van der Waals surface area contributed by atoms with Gasteiger partial charge in [0.2, 0.25) is 5.91 Å². The van der Waals surface area contributed by atoms with Crippen molar-refractivity contribution in [2.75, 3.05) is 13.1 Å². The van der Waals surface area contributed by atoms with E-state index in [0.29, 0.717) is 17.7 Å². The van der Waals surface area contributed by atoms with Crippen LogP contribution in [0.5, 0.6) is 0 Å². The van der Waals surface area contributed by atoms with Gasteiger partial charge in [-0.2, -0.15) is 13.2 Å². The average Bonchev–Trinajstić information content (AvgIpc) is 3.20. The van der Waals surface area contributed by atoms with Gasteiger partial charge in [-0.05, 0) is 50.1 Å². The van der Waals surface area contributed by atoms with Crippen molar-refractivity contribution < 1.29 is 22.8 Å². The first kappa shape index (κ1) is 20.5. The summed E-state index contributed by atoms with van der Waals surface area (Å²) in [7, 11) is 0. The van der Waals surface area contributed by atoms with Crippen molar-refractivity contribution in [3.63, 3.8) is 0 Å². The summed E-state index contributed by atoms with van der Waals surface area (Å²) in [5.41, 5.74) is 1.48. The molecule has 1 aliphatic heterocycles. The monoisotopic (exact) mass is 404 g/mol. The minimum Gasteiger partial charge on any atom is -0.327 e. The van der Waals surface area contributed by atoms with Gasteiger partial charge in [0.15, 0.2) is 11.6 Å². The highest BCUT2D eigenvalue weighted by Crippen LogP contribution is 2.32. The summed E-state index contributed by atoms with van der Waals surface area (Å²) in [5, 5.41) is 4.10. The largest absolute Gasteiger partial charge is 0.416 e. The van der Waals surface area contributed by atoms with Crippen LogP contribution in [0.1, 0.15) is 25.0 Å². The summed E-state index contributed by atoms with van der Waals surface area (Å²) < 4.78 is 40.2. The molecule has 0 unspecified atom stereocenters. The second kappa shape index (κ2) is 7.65. The molecule has 6 nitrogen and oxygen atoms in total. The third-order valence-electron chi connectivity index (χ3n) is 4.61. The molecule has 1 aromatic carbocycles. The third-order valence-corrected chi connectivity index (χ3v) is 4.61. The second-order valence-corrected chi connectivity index (χ2v) is 6.98. The Morgan fingerprint density at radius 3 is 2.55 bits per heavy atom. The van der Waals surface area contributed by atoms with Gasteiger partial charge in [0.05, 0.1) is 12.1 Å². The fourth-order valence-electron chi connectivity index (χ4n) is 2.98. The van der Waals surface area contributed by atoms with Crippen molar-refractivity contribution >= 4 is 17.9 Å². The quantitative estimate of drug-likeness (QED) is 0.716. The number of alkyl halides is 3. The molecular weight excluding hydrogens is 385 g/mol. The molecule has 2 heterocycles. The Kier molecular flexibility index (Phi) is 5.41. The first-order valence-electron chi connectivity index (χ1n) is 8.81. The highest BCUT2D eigenvalue weighted by atomic mass is 19.4. The molecule has 0 saturated heterocycles. The zero-order valence-corrected chi connectivity index (χ0v) is 16.1. The molecule has 2 aromatic rings. The van der Waals surface area contributed by atoms with Gasteiger partial charge in [-0.15, -0.1) is 5.10 Å². The molecule has 0 fully saturated rings. The SMILES string of the molecule is CC1=C(C)C(=O)N(CC(=O)/C=C\n2cnc(-c3cc(C)cc(C(F)(F)F)c3)n2)C1. The van der Waals surface area contributed by atoms with Gasteiger partial charge in [0.1, 0.15) is 6.33 Å². The molecule has 3 rings (SSSR count). The van der Waals surface area contributed by atoms with E-state index in [1.54, 1.807) is 19.9 Å². The molecule has 1 aromatic heterocycles. The third kappa shape index (κ3) is 4.61. The molecule has 1 amide bonds. The van der Waals surface area contributed by atoms with E-state index >= 15 is 0 Å². The molecule has 0 radical (unpaired) electrons. The molecular formula is C20H19F3N4O2. The van der Waals surface area contributed by atoms with E-state index < -0.39 is 11.7 Å². The maximum absolute atomic E-state index is 13.0. The van der Waals surface area contributed by atoms with E-state index in [1.807, 2.05) is 6.92 Å². The predicted molar refractivity (Wildman–Crippen MR) is 100 cm³/mol. The number of carbonyl (C=O) groups is 2. The Morgan fingerprint density at radius 1 is 1.21 bits per heavy atom. The minimum atomic E-state index is -4.46. The normalized spacial score (nSPS) is 15.1. The predicted octanol–water partition coefficient (Wildman–Crippen LogP) is 3.49. The van der Waals surface area contributed by atoms with E-state index in [-0.39, 0.29) is 29.6 Å². The van der Waals surface area contributed by atoms with E-state index in [0.717, 1.165) is 17.7 Å². The standard InChI is InChI=1S/C20H19F3N4O2/c1-12-6-15(8-16(7-12)20(21,22)23)18-24-11-27(25-18)5-4-17(28)10-26-9-13(2)14(3)19(26)29/h4-8,11H,9-10H2,1-3H3/b5-4-. The first-order valence-corrected chi connectivity index (χ1v) is 8.81. The number of amides is 1. The van der Waals surface area contributed by atoms with Gasteiger partial charge in [-0.1, -0.05) is 0 Å². The number of rotatable bonds is 5. The van der Waals surface area contributed by atoms with Crippen LogP contribution in [-0.2, 0) is 15.8 Å². The number of aryl methyl sites for hydroxylation is 1. The minimum absolute atomic E-state index is 0.0572. The lowest BCUT2D eigenvalue weighted by Gasteiger charge is -2.14. The van der Waals surface area contributed by atoms with Crippen molar-refractivity contribution in [1.29, 1.82) is 0 Å². The topological polar surface area (TPSA) is 68.1 Å². The highest BCUT2D eigenvalue weighted by Gasteiger charge is 2.31. The fraction of sp³-hybridized carbons (Fsp3) is 0.300. The van der Waals surface area contributed by atoms with Crippen LogP contribution in [0, 0.1) is 6.92 Å². The van der Waals surface area contributed by atoms with E-state index in [9.17, 15) is 22.8 Å². The van der Waals surface area contributed by atoms with Gasteiger partial charge in [0, 0.05) is 30.0 Å². The number of aromatic nitrogens is 3. The molecule has 0 spiro atoms. The van der Waals surface area contributed by atoms with Crippen molar-refractivity contribution in [3.05, 3.63) is 52.9 Å². The van der Waals surface area contributed by atoms with Crippen molar-refractivity contribution in [2.24, 2.45) is 0 Å². The Hall–Kier alpha value is -3.23. The zero-order valence-electron chi connectivity index (χ0n) is 16.1. The number of benzene rings is 1. The number of hydrogen-bond acceptors (Lipinski definition) is 4. The summed E-state index contributed by atoms with van der Waals surface area (Å²) in [6.45, 7) is 5.50. The van der Waals surface area contributed by atoms with Gasteiger partial charge < -0.3 is 4.90 Å². The summed E-state index contributed by atoms with van der Waals surface area (Å²) in [6, 6.07) is 3.59. The van der Waals surface area contributed by atoms with Gasteiger partial charge >= 0.3 is 6.18 Å². The van der Waals surface area contributed by atoms with Gasteiger partial charge in [-0.3, -0.25) is 9.59 Å². The maximum Gasteiger partial charge on any atom is 0.416 e. The molecule has 9 heteroatoms. The maximum atomic E-state index is 13.0. The van der Waals surface area contributed by atoms with Crippen LogP contribution in [0.4, 0.5) is 13.2 Å². The molecule has 29 heavy (non-hydrogen) atoms. The molecule has 152 valence electrons. The summed E-state index contributed by atoms with van der Waals surface area (Å²) in [6.07, 6.45) is -0.557. The van der Waals surface area contributed by atoms with Crippen molar-refractivity contribution in [1.82, 2.24) is 19.7 Å². The number of ketones is 1. The molecule has 0 bridgehead atoms. The lowest BCUT2D eigenvalue weighted by molar-refractivity contribution is -0.137. The van der Waals surface area contributed by atoms with Crippen LogP contribution < -0.4 is 0 Å². The first-order chi connectivity index (χ1) is 13.5. The van der Waals surface area contributed by atoms with Gasteiger partial charge in [-0.25, -0.2) is 9.67 Å². The second-order valence-electron chi connectivity index (χ2n) is 6.98. The lowest BCUT2D eigenvalue weighted by Crippen LogP contribution is -2.31. The van der Waals surface area contributed by atoms with Crippen molar-refractivity contribution in [2.45, 2.75) is 26.9 Å². The van der Waals surface area contributed by atoms with E-state index in [1.165, 1.54) is 28.2 Å². The fourth-order valence-corrected chi connectivity index (χ4v) is 2.98. The van der Waals surface area contributed by atoms with Crippen LogP contribution >= 0.6 is 0 Å². The van der Waals surface area contributed by atoms with Crippen molar-refractivity contribution in [3.8, 4) is 11.4 Å². The molecule has 0 aliphatic carbocycles. The zero-order chi connectivity index (χ0) is 21.3. The lowest BCUT2D eigenvalue weighted by atomic mass is 10.1. The summed E-state index contributed by atoms with van der Waals surface area (Å²) >= 11 is 0. The summed E-state index contributed by atoms with van der Waals surface area (Å²) in [4.78, 5) is 29.6. The molecule has 0 saturated carbocycles. The Balaban J connectivity index is 1.70. The van der Waals surface area contributed by atoms with Crippen LogP contribution in [0.15, 0.2) is 41.7 Å². The Bertz CT molecular complexity index is 1030. The Labute approximate surface area is 165 Å². The van der Waals surface area contributed by atoms with Gasteiger partial charge in [0.25, 0.3) is 0 Å². The number of hydrogen-bond donors (Lipinski definition) is 0. The molecule has 0 N–H and O–H groups in total. The Morgan fingerprint density at radius 2 is 1.93 bits per heavy atom. The average molecular weight is 404 g/mol. The van der Waals surface area contributed by atoms with Crippen LogP contribution in [0.2, 0.25) is 0 Å².